The van der Waals surface area contributed by atoms with Crippen LogP contribution in [0.4, 0.5) is 11.4 Å². The largest absolute Gasteiger partial charge is 0.469 e. The molecule has 0 aliphatic heterocycles. The number of fused-ring (bicyclic) bond motifs is 1. The first-order valence-corrected chi connectivity index (χ1v) is 6.34. The topological polar surface area (TPSA) is 85.6 Å². The standard InChI is InChI=1S/C14H15N3O4/c1-16(9-7-13(18)21-2)11-6-8-15-14-10(11)4-3-5-12(14)17(19)20/h3-6,8H,7,9H2,1-2H3. The molecule has 0 saturated carbocycles. The Morgan fingerprint density at radius 2 is 2.19 bits per heavy atom. The summed E-state index contributed by atoms with van der Waals surface area (Å²) < 4.78 is 4.61. The fraction of sp³-hybridized carbons (Fsp3) is 0.286. The quantitative estimate of drug-likeness (QED) is 0.476. The highest BCUT2D eigenvalue weighted by Crippen LogP contribution is 2.30. The Bertz CT molecular complexity index is 687. The van der Waals surface area contributed by atoms with E-state index in [4.69, 9.17) is 0 Å². The number of para-hydroxylation sites is 1. The minimum atomic E-state index is -0.451. The zero-order chi connectivity index (χ0) is 15.4. The van der Waals surface area contributed by atoms with Crippen molar-refractivity contribution in [1.29, 1.82) is 0 Å². The molecule has 1 aromatic heterocycles. The van der Waals surface area contributed by atoms with Crippen LogP contribution in [0.3, 0.4) is 0 Å². The minimum absolute atomic E-state index is 0.0317. The van der Waals surface area contributed by atoms with E-state index in [2.05, 4.69) is 9.72 Å². The summed E-state index contributed by atoms with van der Waals surface area (Å²) in [6.45, 7) is 0.453. The summed E-state index contributed by atoms with van der Waals surface area (Å²) in [4.78, 5) is 27.7. The van der Waals surface area contributed by atoms with Crippen molar-refractivity contribution in [1.82, 2.24) is 4.98 Å². The molecular weight excluding hydrogens is 274 g/mol. The molecule has 0 N–H and O–H groups in total. The van der Waals surface area contributed by atoms with Gasteiger partial charge in [0.05, 0.1) is 18.5 Å². The zero-order valence-corrected chi connectivity index (χ0v) is 11.8. The second kappa shape index (κ2) is 6.17. The molecule has 0 spiro atoms. The third kappa shape index (κ3) is 3.07. The number of nitrogens with zero attached hydrogens (tertiary/aromatic N) is 3. The van der Waals surface area contributed by atoms with Crippen molar-refractivity contribution in [3.63, 3.8) is 0 Å². The maximum Gasteiger partial charge on any atom is 0.307 e. The molecule has 0 saturated heterocycles. The maximum atomic E-state index is 11.2. The van der Waals surface area contributed by atoms with Gasteiger partial charge in [0, 0.05) is 36.9 Å². The Morgan fingerprint density at radius 3 is 2.86 bits per heavy atom. The third-order valence-electron chi connectivity index (χ3n) is 3.21. The number of aromatic nitrogens is 1. The van der Waals surface area contributed by atoms with Gasteiger partial charge in [-0.05, 0) is 6.07 Å². The van der Waals surface area contributed by atoms with E-state index in [0.29, 0.717) is 17.4 Å². The monoisotopic (exact) mass is 289 g/mol. The molecule has 0 bridgehead atoms. The van der Waals surface area contributed by atoms with Gasteiger partial charge in [-0.15, -0.1) is 0 Å². The summed E-state index contributed by atoms with van der Waals surface area (Å²) in [7, 11) is 3.16. The highest BCUT2D eigenvalue weighted by molar-refractivity contribution is 5.96. The first kappa shape index (κ1) is 14.7. The van der Waals surface area contributed by atoms with Crippen LogP contribution in [0.25, 0.3) is 10.9 Å². The Morgan fingerprint density at radius 1 is 1.43 bits per heavy atom. The third-order valence-corrected chi connectivity index (χ3v) is 3.21. The molecule has 0 aliphatic carbocycles. The highest BCUT2D eigenvalue weighted by atomic mass is 16.6. The number of carbonyl (C=O) groups is 1. The van der Waals surface area contributed by atoms with Crippen molar-refractivity contribution >= 4 is 28.2 Å². The van der Waals surface area contributed by atoms with E-state index in [1.165, 1.54) is 19.4 Å². The van der Waals surface area contributed by atoms with Crippen LogP contribution in [-0.4, -0.2) is 36.6 Å². The van der Waals surface area contributed by atoms with Gasteiger partial charge < -0.3 is 9.64 Å². The summed E-state index contributed by atoms with van der Waals surface area (Å²) in [6.07, 6.45) is 1.77. The second-order valence-corrected chi connectivity index (χ2v) is 4.51. The van der Waals surface area contributed by atoms with Gasteiger partial charge >= 0.3 is 5.97 Å². The Kier molecular flexibility index (Phi) is 4.32. The smallest absolute Gasteiger partial charge is 0.307 e. The minimum Gasteiger partial charge on any atom is -0.469 e. The van der Waals surface area contributed by atoms with Crippen LogP contribution < -0.4 is 4.90 Å². The Labute approximate surface area is 121 Å². The van der Waals surface area contributed by atoms with E-state index in [1.54, 1.807) is 18.2 Å². The van der Waals surface area contributed by atoms with E-state index < -0.39 is 4.92 Å². The summed E-state index contributed by atoms with van der Waals surface area (Å²) in [5.41, 5.74) is 1.09. The van der Waals surface area contributed by atoms with Crippen LogP contribution in [0, 0.1) is 10.1 Å². The molecule has 7 heteroatoms. The van der Waals surface area contributed by atoms with Gasteiger partial charge in [-0.25, -0.2) is 4.98 Å². The van der Waals surface area contributed by atoms with Gasteiger partial charge in [0.2, 0.25) is 0 Å². The normalized spacial score (nSPS) is 10.4. The molecule has 0 unspecified atom stereocenters. The number of rotatable bonds is 5. The van der Waals surface area contributed by atoms with Gasteiger partial charge in [0.15, 0.2) is 0 Å². The number of benzene rings is 1. The SMILES string of the molecule is COC(=O)CCN(C)c1ccnc2c([N+](=O)[O-])cccc12. The molecule has 2 aromatic rings. The molecule has 2 rings (SSSR count). The number of nitro groups is 1. The van der Waals surface area contributed by atoms with Crippen LogP contribution in [0.1, 0.15) is 6.42 Å². The molecule has 7 nitrogen and oxygen atoms in total. The molecule has 110 valence electrons. The lowest BCUT2D eigenvalue weighted by Gasteiger charge is -2.20. The van der Waals surface area contributed by atoms with E-state index in [0.717, 1.165) is 5.69 Å². The first-order chi connectivity index (χ1) is 10.0. The summed E-state index contributed by atoms with van der Waals surface area (Å²) in [5, 5.41) is 11.7. The number of hydrogen-bond acceptors (Lipinski definition) is 6. The lowest BCUT2D eigenvalue weighted by Crippen LogP contribution is -2.21. The summed E-state index contributed by atoms with van der Waals surface area (Å²) in [6, 6.07) is 6.59. The average molecular weight is 289 g/mol. The number of hydrogen-bond donors (Lipinski definition) is 0. The van der Waals surface area contributed by atoms with Crippen LogP contribution in [0.15, 0.2) is 30.5 Å². The fourth-order valence-electron chi connectivity index (χ4n) is 2.11. The van der Waals surface area contributed by atoms with Crippen molar-refractivity contribution in [2.24, 2.45) is 0 Å². The van der Waals surface area contributed by atoms with Gasteiger partial charge in [0.25, 0.3) is 5.69 Å². The number of esters is 1. The molecule has 0 aliphatic rings. The molecule has 0 fully saturated rings. The van der Waals surface area contributed by atoms with Crippen molar-refractivity contribution in [2.75, 3.05) is 25.6 Å². The maximum absolute atomic E-state index is 11.2. The number of ether oxygens (including phenoxy) is 1. The lowest BCUT2D eigenvalue weighted by atomic mass is 10.1. The van der Waals surface area contributed by atoms with Gasteiger partial charge in [0.1, 0.15) is 5.52 Å². The van der Waals surface area contributed by atoms with Crippen LogP contribution in [-0.2, 0) is 9.53 Å². The van der Waals surface area contributed by atoms with Crippen molar-refractivity contribution in [2.45, 2.75) is 6.42 Å². The Balaban J connectivity index is 2.38. The van der Waals surface area contributed by atoms with E-state index in [1.807, 2.05) is 11.9 Å². The first-order valence-electron chi connectivity index (χ1n) is 6.34. The molecular formula is C14H15N3O4. The molecule has 0 radical (unpaired) electrons. The van der Waals surface area contributed by atoms with Crippen LogP contribution >= 0.6 is 0 Å². The average Bonchev–Trinajstić information content (AvgIpc) is 2.50. The van der Waals surface area contributed by atoms with E-state index in [9.17, 15) is 14.9 Å². The van der Waals surface area contributed by atoms with Gasteiger partial charge in [-0.3, -0.25) is 14.9 Å². The van der Waals surface area contributed by atoms with Gasteiger partial charge in [-0.1, -0.05) is 12.1 Å². The number of pyridine rings is 1. The van der Waals surface area contributed by atoms with Crippen molar-refractivity contribution in [3.05, 3.63) is 40.6 Å². The number of non-ortho nitro benzene ring substituents is 1. The molecule has 1 heterocycles. The summed E-state index contributed by atoms with van der Waals surface area (Å²) >= 11 is 0. The predicted octanol–water partition coefficient (Wildman–Crippen LogP) is 2.14. The van der Waals surface area contributed by atoms with Crippen molar-refractivity contribution in [3.8, 4) is 0 Å². The molecule has 21 heavy (non-hydrogen) atoms. The summed E-state index contributed by atoms with van der Waals surface area (Å²) in [5.74, 6) is -0.300. The number of anilines is 1. The molecule has 0 amide bonds. The number of carbonyl (C=O) groups excluding carboxylic acids is 1. The molecule has 0 atom stereocenters. The van der Waals surface area contributed by atoms with Crippen LogP contribution in [0.2, 0.25) is 0 Å². The number of nitro benzene ring substituents is 1. The fourth-order valence-corrected chi connectivity index (χ4v) is 2.11. The van der Waals surface area contributed by atoms with E-state index >= 15 is 0 Å². The van der Waals surface area contributed by atoms with Crippen molar-refractivity contribution < 1.29 is 14.5 Å². The predicted molar refractivity (Wildman–Crippen MR) is 78.3 cm³/mol. The second-order valence-electron chi connectivity index (χ2n) is 4.51. The lowest BCUT2D eigenvalue weighted by molar-refractivity contribution is -0.383. The zero-order valence-electron chi connectivity index (χ0n) is 11.8. The molecule has 1 aromatic carbocycles. The van der Waals surface area contributed by atoms with Crippen LogP contribution in [0.5, 0.6) is 0 Å². The van der Waals surface area contributed by atoms with E-state index in [-0.39, 0.29) is 18.1 Å². The highest BCUT2D eigenvalue weighted by Gasteiger charge is 2.16. The number of methoxy groups -OCH3 is 1. The Hall–Kier alpha value is -2.70. The van der Waals surface area contributed by atoms with Gasteiger partial charge in [-0.2, -0.15) is 0 Å².